The Balaban J connectivity index is 1.78. The van der Waals surface area contributed by atoms with E-state index in [2.05, 4.69) is 10.6 Å². The topological polar surface area (TPSA) is 76.7 Å². The average molecular weight is 342 g/mol. The number of hydrogen-bond donors (Lipinski definition) is 2. The summed E-state index contributed by atoms with van der Waals surface area (Å²) in [6, 6.07) is 14.4. The number of hydrogen-bond acceptors (Lipinski definition) is 4. The van der Waals surface area contributed by atoms with Gasteiger partial charge in [-0.05, 0) is 30.7 Å². The highest BCUT2D eigenvalue weighted by Gasteiger charge is 2.10. The van der Waals surface area contributed by atoms with E-state index in [4.69, 9.17) is 9.47 Å². The Morgan fingerprint density at radius 3 is 1.56 bits per heavy atom. The molecule has 0 aliphatic carbocycles. The van der Waals surface area contributed by atoms with Crippen LogP contribution in [-0.4, -0.2) is 26.0 Å². The first-order valence-electron chi connectivity index (χ1n) is 7.99. The summed E-state index contributed by atoms with van der Waals surface area (Å²) in [5, 5.41) is 5.57. The van der Waals surface area contributed by atoms with Crippen molar-refractivity contribution in [2.45, 2.75) is 19.3 Å². The summed E-state index contributed by atoms with van der Waals surface area (Å²) in [6.07, 6.45) is 0.941. The Labute approximate surface area is 147 Å². The van der Waals surface area contributed by atoms with Crippen LogP contribution in [0.1, 0.15) is 19.3 Å². The predicted octanol–water partition coefficient (Wildman–Crippen LogP) is 3.45. The maximum atomic E-state index is 12.0. The summed E-state index contributed by atoms with van der Waals surface area (Å²) in [5.41, 5.74) is 1.24. The summed E-state index contributed by atoms with van der Waals surface area (Å²) in [4.78, 5) is 24.0. The molecule has 0 bridgehead atoms. The van der Waals surface area contributed by atoms with Crippen LogP contribution in [0, 0.1) is 0 Å². The zero-order valence-corrected chi connectivity index (χ0v) is 14.4. The van der Waals surface area contributed by atoms with Crippen molar-refractivity contribution in [3.63, 3.8) is 0 Å². The van der Waals surface area contributed by atoms with Gasteiger partial charge in [0, 0.05) is 12.8 Å². The molecule has 6 nitrogen and oxygen atoms in total. The van der Waals surface area contributed by atoms with E-state index >= 15 is 0 Å². The van der Waals surface area contributed by atoms with Gasteiger partial charge in [-0.3, -0.25) is 9.59 Å². The molecule has 0 spiro atoms. The van der Waals surface area contributed by atoms with E-state index in [1.54, 1.807) is 38.5 Å². The van der Waals surface area contributed by atoms with E-state index in [0.29, 0.717) is 29.3 Å². The van der Waals surface area contributed by atoms with E-state index < -0.39 is 0 Å². The smallest absolute Gasteiger partial charge is 0.224 e. The lowest BCUT2D eigenvalue weighted by atomic mass is 10.2. The van der Waals surface area contributed by atoms with Gasteiger partial charge in [0.15, 0.2) is 0 Å². The van der Waals surface area contributed by atoms with Gasteiger partial charge in [0.05, 0.1) is 25.6 Å². The highest BCUT2D eigenvalue weighted by atomic mass is 16.5. The molecule has 0 radical (unpaired) electrons. The first kappa shape index (κ1) is 18.3. The summed E-state index contributed by atoms with van der Waals surface area (Å²) >= 11 is 0. The van der Waals surface area contributed by atoms with Crippen molar-refractivity contribution in [3.8, 4) is 11.5 Å². The van der Waals surface area contributed by atoms with Gasteiger partial charge in [-0.1, -0.05) is 24.3 Å². The number of anilines is 2. The number of ether oxygens (including phenoxy) is 2. The van der Waals surface area contributed by atoms with Crippen LogP contribution in [0.25, 0.3) is 0 Å². The van der Waals surface area contributed by atoms with Gasteiger partial charge in [0.25, 0.3) is 0 Å². The second-order valence-electron chi connectivity index (χ2n) is 5.35. The van der Waals surface area contributed by atoms with Crippen LogP contribution >= 0.6 is 0 Å². The number of para-hydroxylation sites is 4. The molecule has 2 aromatic rings. The molecule has 0 saturated carbocycles. The lowest BCUT2D eigenvalue weighted by Crippen LogP contribution is -2.15. The second kappa shape index (κ2) is 9.32. The van der Waals surface area contributed by atoms with Gasteiger partial charge in [-0.15, -0.1) is 0 Å². The van der Waals surface area contributed by atoms with Gasteiger partial charge in [-0.25, -0.2) is 0 Å². The van der Waals surface area contributed by atoms with Crippen LogP contribution in [0.5, 0.6) is 11.5 Å². The van der Waals surface area contributed by atoms with Crippen LogP contribution in [0.15, 0.2) is 48.5 Å². The molecule has 0 fully saturated rings. The van der Waals surface area contributed by atoms with Crippen molar-refractivity contribution in [1.82, 2.24) is 0 Å². The summed E-state index contributed by atoms with van der Waals surface area (Å²) in [7, 11) is 3.10. The largest absolute Gasteiger partial charge is 0.495 e. The number of benzene rings is 2. The quantitative estimate of drug-likeness (QED) is 0.770. The first-order valence-corrected chi connectivity index (χ1v) is 7.99. The van der Waals surface area contributed by atoms with Crippen LogP contribution in [0.3, 0.4) is 0 Å². The molecule has 0 heterocycles. The van der Waals surface area contributed by atoms with Crippen LogP contribution in [0.2, 0.25) is 0 Å². The molecule has 2 amide bonds. The fraction of sp³-hybridized carbons (Fsp3) is 0.263. The van der Waals surface area contributed by atoms with Gasteiger partial charge in [0.1, 0.15) is 11.5 Å². The van der Waals surface area contributed by atoms with E-state index in [1.807, 2.05) is 24.3 Å². The number of carbonyl (C=O) groups excluding carboxylic acids is 2. The third kappa shape index (κ3) is 5.53. The van der Waals surface area contributed by atoms with Crippen molar-refractivity contribution in [2.75, 3.05) is 24.9 Å². The monoisotopic (exact) mass is 342 g/mol. The summed E-state index contributed by atoms with van der Waals surface area (Å²) < 4.78 is 10.4. The maximum absolute atomic E-state index is 12.0. The molecular formula is C19H22N2O4. The highest BCUT2D eigenvalue weighted by molar-refractivity contribution is 5.94. The number of carbonyl (C=O) groups is 2. The van der Waals surface area contributed by atoms with Crippen LogP contribution in [-0.2, 0) is 9.59 Å². The number of amides is 2. The molecule has 25 heavy (non-hydrogen) atoms. The normalized spacial score (nSPS) is 10.0. The Morgan fingerprint density at radius 2 is 1.16 bits per heavy atom. The lowest BCUT2D eigenvalue weighted by Gasteiger charge is -2.10. The highest BCUT2D eigenvalue weighted by Crippen LogP contribution is 2.24. The molecule has 2 rings (SSSR count). The lowest BCUT2D eigenvalue weighted by molar-refractivity contribution is -0.117. The van der Waals surface area contributed by atoms with Crippen molar-refractivity contribution in [2.24, 2.45) is 0 Å². The van der Waals surface area contributed by atoms with Crippen molar-refractivity contribution in [3.05, 3.63) is 48.5 Å². The molecule has 0 atom stereocenters. The molecule has 6 heteroatoms. The summed E-state index contributed by atoms with van der Waals surface area (Å²) in [5.74, 6) is 0.888. The molecule has 132 valence electrons. The van der Waals surface area contributed by atoms with Crippen LogP contribution in [0.4, 0.5) is 11.4 Å². The molecule has 0 aliphatic rings. The summed E-state index contributed by atoms with van der Waals surface area (Å²) in [6.45, 7) is 0. The van der Waals surface area contributed by atoms with Crippen molar-refractivity contribution < 1.29 is 19.1 Å². The number of nitrogens with one attached hydrogen (secondary N) is 2. The van der Waals surface area contributed by atoms with Gasteiger partial charge in [-0.2, -0.15) is 0 Å². The van der Waals surface area contributed by atoms with Gasteiger partial charge >= 0.3 is 0 Å². The first-order chi connectivity index (χ1) is 12.1. The Bertz CT molecular complexity index is 669. The molecule has 0 aliphatic heterocycles. The Morgan fingerprint density at radius 1 is 0.760 bits per heavy atom. The fourth-order valence-electron chi connectivity index (χ4n) is 2.33. The zero-order chi connectivity index (χ0) is 18.1. The Kier molecular flexibility index (Phi) is 6.83. The molecule has 0 unspecified atom stereocenters. The van der Waals surface area contributed by atoms with E-state index in [-0.39, 0.29) is 24.7 Å². The molecular weight excluding hydrogens is 320 g/mol. The van der Waals surface area contributed by atoms with E-state index in [1.165, 1.54) is 0 Å². The third-order valence-corrected chi connectivity index (χ3v) is 3.57. The number of rotatable bonds is 8. The average Bonchev–Trinajstić information content (AvgIpc) is 2.62. The van der Waals surface area contributed by atoms with Crippen molar-refractivity contribution >= 4 is 23.2 Å². The van der Waals surface area contributed by atoms with E-state index in [0.717, 1.165) is 0 Å². The van der Waals surface area contributed by atoms with Gasteiger partial charge in [0.2, 0.25) is 11.8 Å². The molecule has 0 aromatic heterocycles. The predicted molar refractivity (Wildman–Crippen MR) is 97.1 cm³/mol. The Hall–Kier alpha value is -3.02. The second-order valence-corrected chi connectivity index (χ2v) is 5.35. The standard InChI is InChI=1S/C19H22N2O4/c1-24-16-10-5-3-8-14(16)20-18(22)12-7-13-19(23)21-15-9-4-6-11-17(15)25-2/h3-6,8-11H,7,12-13H2,1-2H3,(H,20,22)(H,21,23). The molecule has 2 aromatic carbocycles. The van der Waals surface area contributed by atoms with E-state index in [9.17, 15) is 9.59 Å². The minimum Gasteiger partial charge on any atom is -0.495 e. The minimum atomic E-state index is -0.158. The molecule has 0 saturated heterocycles. The van der Waals surface area contributed by atoms with Crippen molar-refractivity contribution in [1.29, 1.82) is 0 Å². The SMILES string of the molecule is COc1ccccc1NC(=O)CCCC(=O)Nc1ccccc1OC. The fourth-order valence-corrected chi connectivity index (χ4v) is 2.33. The number of methoxy groups -OCH3 is 2. The van der Waals surface area contributed by atoms with Crippen LogP contribution < -0.4 is 20.1 Å². The maximum Gasteiger partial charge on any atom is 0.224 e. The van der Waals surface area contributed by atoms with Gasteiger partial charge < -0.3 is 20.1 Å². The zero-order valence-electron chi connectivity index (χ0n) is 14.4. The third-order valence-electron chi connectivity index (χ3n) is 3.57. The minimum absolute atomic E-state index is 0.158. The molecule has 2 N–H and O–H groups in total.